The number of thiazole rings is 1. The van der Waals surface area contributed by atoms with Gasteiger partial charge in [0, 0.05) is 11.6 Å². The van der Waals surface area contributed by atoms with Crippen LogP contribution in [0, 0.1) is 0 Å². The highest BCUT2D eigenvalue weighted by atomic mass is 35.5. The number of aliphatic hydroxyl groups is 1. The SMILES string of the molecule is O=C(NCC(O)c1cccc(Cl)c1)Nc1nc2ccccc2s1. The number of carbonyl (C=O) groups is 1. The van der Waals surface area contributed by atoms with E-state index in [1.165, 1.54) is 11.3 Å². The Morgan fingerprint density at radius 2 is 2.09 bits per heavy atom. The third-order valence-corrected chi connectivity index (χ3v) is 4.39. The third kappa shape index (κ3) is 3.98. The summed E-state index contributed by atoms with van der Waals surface area (Å²) in [6.07, 6.45) is -0.824. The van der Waals surface area contributed by atoms with Gasteiger partial charge in [0.15, 0.2) is 5.13 Å². The molecule has 0 saturated carbocycles. The predicted octanol–water partition coefficient (Wildman–Crippen LogP) is 3.80. The van der Waals surface area contributed by atoms with Gasteiger partial charge in [0.25, 0.3) is 0 Å². The summed E-state index contributed by atoms with van der Waals surface area (Å²) in [5.41, 5.74) is 1.49. The zero-order valence-corrected chi connectivity index (χ0v) is 13.6. The van der Waals surface area contributed by atoms with E-state index in [1.807, 2.05) is 24.3 Å². The monoisotopic (exact) mass is 347 g/mol. The number of para-hydroxylation sites is 1. The number of urea groups is 1. The molecule has 7 heteroatoms. The Labute approximate surface area is 141 Å². The number of hydrogen-bond donors (Lipinski definition) is 3. The van der Waals surface area contributed by atoms with Crippen molar-refractivity contribution in [1.29, 1.82) is 0 Å². The zero-order chi connectivity index (χ0) is 16.2. The van der Waals surface area contributed by atoms with Crippen LogP contribution in [0.1, 0.15) is 11.7 Å². The lowest BCUT2D eigenvalue weighted by molar-refractivity contribution is 0.175. The molecule has 5 nitrogen and oxygen atoms in total. The molecule has 118 valence electrons. The van der Waals surface area contributed by atoms with E-state index < -0.39 is 12.1 Å². The van der Waals surface area contributed by atoms with Gasteiger partial charge in [0.1, 0.15) is 0 Å². The van der Waals surface area contributed by atoms with Crippen LogP contribution in [-0.4, -0.2) is 22.7 Å². The van der Waals surface area contributed by atoms with Crippen molar-refractivity contribution < 1.29 is 9.90 Å². The van der Waals surface area contributed by atoms with Crippen molar-refractivity contribution >= 4 is 44.3 Å². The number of anilines is 1. The molecular formula is C16H14ClN3O2S. The Morgan fingerprint density at radius 1 is 1.26 bits per heavy atom. The first kappa shape index (κ1) is 15.7. The fraction of sp³-hybridized carbons (Fsp3) is 0.125. The fourth-order valence-electron chi connectivity index (χ4n) is 2.09. The number of carbonyl (C=O) groups excluding carboxylic acids is 1. The molecule has 0 aliphatic heterocycles. The van der Waals surface area contributed by atoms with E-state index in [-0.39, 0.29) is 6.54 Å². The maximum absolute atomic E-state index is 11.9. The smallest absolute Gasteiger partial charge is 0.321 e. The molecule has 23 heavy (non-hydrogen) atoms. The highest BCUT2D eigenvalue weighted by Crippen LogP contribution is 2.25. The van der Waals surface area contributed by atoms with Gasteiger partial charge in [-0.2, -0.15) is 0 Å². The lowest BCUT2D eigenvalue weighted by atomic mass is 10.1. The number of halogens is 1. The number of fused-ring (bicyclic) bond motifs is 1. The molecule has 0 bridgehead atoms. The first-order chi connectivity index (χ1) is 11.1. The van der Waals surface area contributed by atoms with Crippen molar-refractivity contribution in [3.63, 3.8) is 0 Å². The standard InChI is InChI=1S/C16H14ClN3O2S/c17-11-5-3-4-10(8-11)13(21)9-18-15(22)20-16-19-12-6-1-2-7-14(12)23-16/h1-8,13,21H,9H2,(H2,18,19,20,22). The molecule has 2 aromatic carbocycles. The van der Waals surface area contributed by atoms with Crippen LogP contribution < -0.4 is 10.6 Å². The van der Waals surface area contributed by atoms with Crippen LogP contribution >= 0.6 is 22.9 Å². The first-order valence-electron chi connectivity index (χ1n) is 6.96. The van der Waals surface area contributed by atoms with Crippen molar-refractivity contribution in [2.24, 2.45) is 0 Å². The summed E-state index contributed by atoms with van der Waals surface area (Å²) in [5.74, 6) is 0. The van der Waals surface area contributed by atoms with Gasteiger partial charge in [-0.1, -0.05) is 47.2 Å². The molecule has 3 rings (SSSR count). The van der Waals surface area contributed by atoms with Gasteiger partial charge in [0.05, 0.1) is 16.3 Å². The largest absolute Gasteiger partial charge is 0.387 e. The first-order valence-corrected chi connectivity index (χ1v) is 8.15. The van der Waals surface area contributed by atoms with Gasteiger partial charge in [-0.25, -0.2) is 9.78 Å². The normalized spacial score (nSPS) is 12.1. The summed E-state index contributed by atoms with van der Waals surface area (Å²) < 4.78 is 1.00. The predicted molar refractivity (Wildman–Crippen MR) is 93.1 cm³/mol. The van der Waals surface area contributed by atoms with E-state index in [4.69, 9.17) is 11.6 Å². The van der Waals surface area contributed by atoms with Crippen LogP contribution in [0.3, 0.4) is 0 Å². The molecule has 3 aromatic rings. The van der Waals surface area contributed by atoms with Crippen molar-refractivity contribution in [2.45, 2.75) is 6.10 Å². The molecule has 1 atom stereocenters. The number of hydrogen-bond acceptors (Lipinski definition) is 4. The minimum Gasteiger partial charge on any atom is -0.387 e. The summed E-state index contributed by atoms with van der Waals surface area (Å²) in [4.78, 5) is 16.2. The number of amides is 2. The molecule has 0 saturated heterocycles. The lowest BCUT2D eigenvalue weighted by Crippen LogP contribution is -2.32. The Balaban J connectivity index is 1.57. The Kier molecular flexibility index (Phi) is 4.76. The van der Waals surface area contributed by atoms with Gasteiger partial charge < -0.3 is 10.4 Å². The van der Waals surface area contributed by atoms with E-state index >= 15 is 0 Å². The molecule has 1 unspecified atom stereocenters. The van der Waals surface area contributed by atoms with Crippen LogP contribution in [-0.2, 0) is 0 Å². The van der Waals surface area contributed by atoms with Gasteiger partial charge in [-0.15, -0.1) is 0 Å². The second-order valence-corrected chi connectivity index (χ2v) is 6.36. The average Bonchev–Trinajstić information content (AvgIpc) is 2.94. The molecule has 0 aliphatic carbocycles. The third-order valence-electron chi connectivity index (χ3n) is 3.20. The van der Waals surface area contributed by atoms with Crippen LogP contribution in [0.2, 0.25) is 5.02 Å². The second-order valence-electron chi connectivity index (χ2n) is 4.89. The van der Waals surface area contributed by atoms with Gasteiger partial charge in [0.2, 0.25) is 0 Å². The average molecular weight is 348 g/mol. The molecule has 1 aromatic heterocycles. The van der Waals surface area contributed by atoms with Gasteiger partial charge in [-0.3, -0.25) is 5.32 Å². The number of aromatic nitrogens is 1. The summed E-state index contributed by atoms with van der Waals surface area (Å²) in [6.45, 7) is 0.0804. The Bertz CT molecular complexity index is 804. The highest BCUT2D eigenvalue weighted by Gasteiger charge is 2.11. The highest BCUT2D eigenvalue weighted by molar-refractivity contribution is 7.22. The number of nitrogens with zero attached hydrogens (tertiary/aromatic N) is 1. The van der Waals surface area contributed by atoms with Crippen molar-refractivity contribution in [1.82, 2.24) is 10.3 Å². The van der Waals surface area contributed by atoms with E-state index in [0.29, 0.717) is 15.7 Å². The van der Waals surface area contributed by atoms with E-state index in [1.54, 1.807) is 24.3 Å². The maximum Gasteiger partial charge on any atom is 0.321 e. The summed E-state index contributed by atoms with van der Waals surface area (Å²) in [5, 5.41) is 16.4. The molecule has 0 aliphatic rings. The maximum atomic E-state index is 11.9. The summed E-state index contributed by atoms with van der Waals surface area (Å²) in [6, 6.07) is 14.1. The van der Waals surface area contributed by atoms with Crippen molar-refractivity contribution in [3.05, 3.63) is 59.1 Å². The van der Waals surface area contributed by atoms with E-state index in [9.17, 15) is 9.90 Å². The van der Waals surface area contributed by atoms with Crippen molar-refractivity contribution in [2.75, 3.05) is 11.9 Å². The molecular weight excluding hydrogens is 334 g/mol. The molecule has 0 radical (unpaired) electrons. The van der Waals surface area contributed by atoms with Gasteiger partial charge in [-0.05, 0) is 29.8 Å². The second kappa shape index (κ2) is 6.95. The number of nitrogens with one attached hydrogen (secondary N) is 2. The van der Waals surface area contributed by atoms with Gasteiger partial charge >= 0.3 is 6.03 Å². The van der Waals surface area contributed by atoms with Crippen LogP contribution in [0.25, 0.3) is 10.2 Å². The summed E-state index contributed by atoms with van der Waals surface area (Å²) in [7, 11) is 0. The molecule has 0 fully saturated rings. The topological polar surface area (TPSA) is 74.2 Å². The number of benzene rings is 2. The summed E-state index contributed by atoms with van der Waals surface area (Å²) >= 11 is 7.28. The number of aliphatic hydroxyl groups excluding tert-OH is 1. The van der Waals surface area contributed by atoms with Crippen LogP contribution in [0.5, 0.6) is 0 Å². The van der Waals surface area contributed by atoms with E-state index in [0.717, 1.165) is 10.2 Å². The molecule has 0 spiro atoms. The minimum atomic E-state index is -0.824. The van der Waals surface area contributed by atoms with Crippen LogP contribution in [0.4, 0.5) is 9.93 Å². The lowest BCUT2D eigenvalue weighted by Gasteiger charge is -2.12. The van der Waals surface area contributed by atoms with Crippen molar-refractivity contribution in [3.8, 4) is 0 Å². The zero-order valence-electron chi connectivity index (χ0n) is 12.0. The molecule has 1 heterocycles. The Hall–Kier alpha value is -2.15. The molecule has 2 amide bonds. The van der Waals surface area contributed by atoms with Crippen LogP contribution in [0.15, 0.2) is 48.5 Å². The minimum absolute atomic E-state index is 0.0804. The Morgan fingerprint density at radius 3 is 2.87 bits per heavy atom. The fourth-order valence-corrected chi connectivity index (χ4v) is 3.15. The quantitative estimate of drug-likeness (QED) is 0.672. The number of rotatable bonds is 4. The molecule has 3 N–H and O–H groups in total. The van der Waals surface area contributed by atoms with E-state index in [2.05, 4.69) is 15.6 Å².